The molecule has 0 spiro atoms. The Bertz CT molecular complexity index is 515. The van der Waals surface area contributed by atoms with Gasteiger partial charge in [0.25, 0.3) is 0 Å². The molecule has 0 aliphatic carbocycles. The first-order chi connectivity index (χ1) is 8.77. The summed E-state index contributed by atoms with van der Waals surface area (Å²) in [7, 11) is 0. The molecule has 0 bridgehead atoms. The fraction of sp³-hybridized carbons (Fsp3) is 0. The van der Waals surface area contributed by atoms with Crippen LogP contribution in [-0.4, -0.2) is 16.3 Å². The molecule has 0 fully saturated rings. The second-order valence-electron chi connectivity index (χ2n) is 3.50. The van der Waals surface area contributed by atoms with Crippen molar-refractivity contribution in [2.75, 3.05) is 0 Å². The van der Waals surface area contributed by atoms with Gasteiger partial charge < -0.3 is 9.78 Å². The van der Waals surface area contributed by atoms with Crippen LogP contribution in [0.4, 0.5) is 0 Å². The molecule has 0 aliphatic heterocycles. The maximum absolute atomic E-state index is 12.2. The lowest BCUT2D eigenvalue weighted by Crippen LogP contribution is -2.06. The summed E-state index contributed by atoms with van der Waals surface area (Å²) in [4.78, 5) is 20.5. The van der Waals surface area contributed by atoms with E-state index in [1.54, 1.807) is 24.3 Å². The molecule has 0 radical (unpaired) electrons. The first kappa shape index (κ1) is 12.1. The minimum Gasteiger partial charge on any atom is -0.339 e. The van der Waals surface area contributed by atoms with Crippen molar-refractivity contribution in [2.24, 2.45) is 0 Å². The molecule has 5 heteroatoms. The van der Waals surface area contributed by atoms with Crippen molar-refractivity contribution in [1.29, 1.82) is 0 Å². The fourth-order valence-electron chi connectivity index (χ4n) is 1.61. The summed E-state index contributed by atoms with van der Waals surface area (Å²) in [5, 5.41) is 17.4. The molecule has 2 aromatic rings. The third-order valence-corrected chi connectivity index (χ3v) is 2.46. The van der Waals surface area contributed by atoms with Gasteiger partial charge in [-0.2, -0.15) is 0 Å². The predicted octanol–water partition coefficient (Wildman–Crippen LogP) is 2.62. The van der Waals surface area contributed by atoms with E-state index < -0.39 is 5.78 Å². The Morgan fingerprint density at radius 3 is 1.56 bits per heavy atom. The molecule has 2 aromatic carbocycles. The lowest BCUT2D eigenvalue weighted by atomic mass is 10.0. The fourth-order valence-corrected chi connectivity index (χ4v) is 1.61. The quantitative estimate of drug-likeness (QED) is 0.492. The van der Waals surface area contributed by atoms with Crippen LogP contribution in [0.1, 0.15) is 15.9 Å². The molecule has 92 valence electrons. The Balaban J connectivity index is 2.48. The van der Waals surface area contributed by atoms with E-state index in [0.717, 1.165) is 0 Å². The molecule has 2 N–H and O–H groups in total. The second kappa shape index (κ2) is 5.31. The first-order valence-electron chi connectivity index (χ1n) is 5.13. The Hall–Kier alpha value is -2.37. The summed E-state index contributed by atoms with van der Waals surface area (Å²) in [6.07, 6.45) is 0. The van der Waals surface area contributed by atoms with Gasteiger partial charge in [0, 0.05) is 0 Å². The highest BCUT2D eigenvalue weighted by Gasteiger charge is 2.18. The van der Waals surface area contributed by atoms with Crippen molar-refractivity contribution in [1.82, 2.24) is 0 Å². The van der Waals surface area contributed by atoms with Crippen molar-refractivity contribution in [3.8, 4) is 11.5 Å². The maximum Gasteiger partial charge on any atom is 0.200 e. The number of benzene rings is 2. The number of rotatable bonds is 4. The van der Waals surface area contributed by atoms with E-state index in [1.165, 1.54) is 24.3 Å². The molecule has 0 saturated heterocycles. The average molecular weight is 246 g/mol. The standard InChI is InChI=1S/C13H10O5/c14-13(9-5-1-3-7-11(9)17-15)10-6-2-4-8-12(10)18-16/h1-8,15-16H. The van der Waals surface area contributed by atoms with Gasteiger partial charge in [-0.1, -0.05) is 24.3 Å². The molecule has 0 unspecified atom stereocenters. The molecule has 0 amide bonds. The Morgan fingerprint density at radius 2 is 1.17 bits per heavy atom. The van der Waals surface area contributed by atoms with E-state index >= 15 is 0 Å². The van der Waals surface area contributed by atoms with Gasteiger partial charge in [0.2, 0.25) is 5.78 Å². The Morgan fingerprint density at radius 1 is 0.778 bits per heavy atom. The number of hydrogen-bond donors (Lipinski definition) is 2. The second-order valence-corrected chi connectivity index (χ2v) is 3.50. The monoisotopic (exact) mass is 246 g/mol. The number of para-hydroxylation sites is 2. The van der Waals surface area contributed by atoms with E-state index in [9.17, 15) is 4.79 Å². The van der Waals surface area contributed by atoms with Crippen molar-refractivity contribution in [3.63, 3.8) is 0 Å². The molecule has 0 atom stereocenters. The largest absolute Gasteiger partial charge is 0.339 e. The van der Waals surface area contributed by atoms with Crippen LogP contribution in [0.3, 0.4) is 0 Å². The molecule has 2 rings (SSSR count). The smallest absolute Gasteiger partial charge is 0.200 e. The summed E-state index contributed by atoms with van der Waals surface area (Å²) in [5.74, 6) is -0.352. The van der Waals surface area contributed by atoms with E-state index in [2.05, 4.69) is 9.78 Å². The van der Waals surface area contributed by atoms with Crippen LogP contribution in [-0.2, 0) is 0 Å². The van der Waals surface area contributed by atoms with Gasteiger partial charge in [0.15, 0.2) is 11.5 Å². The molecule has 0 aliphatic rings. The highest BCUT2D eigenvalue weighted by molar-refractivity contribution is 6.12. The van der Waals surface area contributed by atoms with Crippen molar-refractivity contribution in [2.45, 2.75) is 0 Å². The van der Waals surface area contributed by atoms with Crippen LogP contribution in [0, 0.1) is 0 Å². The highest BCUT2D eigenvalue weighted by atomic mass is 17.1. The lowest BCUT2D eigenvalue weighted by Gasteiger charge is -2.07. The Kier molecular flexibility index (Phi) is 3.57. The third kappa shape index (κ3) is 2.17. The minimum atomic E-state index is -0.427. The SMILES string of the molecule is O=C(c1ccccc1OO)c1ccccc1OO. The zero-order valence-corrected chi connectivity index (χ0v) is 9.24. The minimum absolute atomic E-state index is 0.0373. The highest BCUT2D eigenvalue weighted by Crippen LogP contribution is 2.25. The van der Waals surface area contributed by atoms with E-state index in [-0.39, 0.29) is 22.6 Å². The van der Waals surface area contributed by atoms with Crippen LogP contribution in [0.5, 0.6) is 11.5 Å². The normalized spacial score (nSPS) is 9.89. The Labute approximate surface area is 103 Å². The summed E-state index contributed by atoms with van der Waals surface area (Å²) in [6.45, 7) is 0. The van der Waals surface area contributed by atoms with Gasteiger partial charge in [-0.3, -0.25) is 4.79 Å². The third-order valence-electron chi connectivity index (χ3n) is 2.46. The molecular formula is C13H10O5. The number of hydrogen-bond acceptors (Lipinski definition) is 5. The molecule has 18 heavy (non-hydrogen) atoms. The average Bonchev–Trinajstić information content (AvgIpc) is 2.46. The summed E-state index contributed by atoms with van der Waals surface area (Å²) < 4.78 is 0. The van der Waals surface area contributed by atoms with Crippen molar-refractivity contribution in [3.05, 3.63) is 59.7 Å². The predicted molar refractivity (Wildman–Crippen MR) is 62.8 cm³/mol. The van der Waals surface area contributed by atoms with E-state index in [4.69, 9.17) is 10.5 Å². The van der Waals surface area contributed by atoms with Crippen LogP contribution in [0.25, 0.3) is 0 Å². The van der Waals surface area contributed by atoms with Gasteiger partial charge in [0.1, 0.15) is 0 Å². The molecule has 5 nitrogen and oxygen atoms in total. The molecule has 0 saturated carbocycles. The zero-order chi connectivity index (χ0) is 13.0. The zero-order valence-electron chi connectivity index (χ0n) is 9.24. The van der Waals surface area contributed by atoms with Gasteiger partial charge in [0.05, 0.1) is 11.1 Å². The van der Waals surface area contributed by atoms with Crippen LogP contribution >= 0.6 is 0 Å². The topological polar surface area (TPSA) is 76.0 Å². The summed E-state index contributed by atoms with van der Waals surface area (Å²) >= 11 is 0. The van der Waals surface area contributed by atoms with Crippen LogP contribution in [0.15, 0.2) is 48.5 Å². The van der Waals surface area contributed by atoms with Crippen LogP contribution in [0.2, 0.25) is 0 Å². The van der Waals surface area contributed by atoms with E-state index in [1.807, 2.05) is 0 Å². The molecule has 0 heterocycles. The molecule has 0 aromatic heterocycles. The summed E-state index contributed by atoms with van der Waals surface area (Å²) in [5.41, 5.74) is 0.342. The van der Waals surface area contributed by atoms with Gasteiger partial charge in [-0.15, -0.1) is 0 Å². The van der Waals surface area contributed by atoms with Crippen LogP contribution < -0.4 is 9.78 Å². The summed E-state index contributed by atoms with van der Waals surface area (Å²) in [6, 6.07) is 12.4. The van der Waals surface area contributed by atoms with Gasteiger partial charge in [-0.25, -0.2) is 10.5 Å². The molecular weight excluding hydrogens is 236 g/mol. The van der Waals surface area contributed by atoms with Gasteiger partial charge in [-0.05, 0) is 24.3 Å². The lowest BCUT2D eigenvalue weighted by molar-refractivity contribution is -0.138. The number of carbonyl (C=O) groups excluding carboxylic acids is 1. The first-order valence-corrected chi connectivity index (χ1v) is 5.13. The van der Waals surface area contributed by atoms with Crippen molar-refractivity contribution >= 4 is 5.78 Å². The number of ketones is 1. The van der Waals surface area contributed by atoms with Crippen molar-refractivity contribution < 1.29 is 25.1 Å². The maximum atomic E-state index is 12.2. The number of carbonyl (C=O) groups is 1. The van der Waals surface area contributed by atoms with E-state index in [0.29, 0.717) is 0 Å². The van der Waals surface area contributed by atoms with Gasteiger partial charge >= 0.3 is 0 Å².